The summed E-state index contributed by atoms with van der Waals surface area (Å²) in [7, 11) is 0. The molecular weight excluding hydrogens is 376 g/mol. The highest BCUT2D eigenvalue weighted by Gasteiger charge is 2.32. The first-order chi connectivity index (χ1) is 14.7. The van der Waals surface area contributed by atoms with Crippen LogP contribution in [0.1, 0.15) is 30.7 Å². The number of benzene rings is 1. The summed E-state index contributed by atoms with van der Waals surface area (Å²) in [5.74, 6) is 2.69. The van der Waals surface area contributed by atoms with Crippen LogP contribution in [0.2, 0.25) is 0 Å². The third-order valence-electron chi connectivity index (χ3n) is 6.18. The minimum absolute atomic E-state index is 0.0118. The van der Waals surface area contributed by atoms with Crippen molar-refractivity contribution in [2.24, 2.45) is 5.92 Å². The first-order valence-electron chi connectivity index (χ1n) is 10.7. The molecule has 0 radical (unpaired) electrons. The Morgan fingerprint density at radius 1 is 1.03 bits per heavy atom. The number of aryl methyl sites for hydroxylation is 2. The van der Waals surface area contributed by atoms with Crippen molar-refractivity contribution >= 4 is 17.4 Å². The van der Waals surface area contributed by atoms with Crippen LogP contribution in [0.25, 0.3) is 5.82 Å². The number of hydrogen-bond donors (Lipinski definition) is 0. The minimum Gasteiger partial charge on any atom is -0.354 e. The molecule has 1 unspecified atom stereocenters. The van der Waals surface area contributed by atoms with E-state index in [2.05, 4.69) is 38.3 Å². The van der Waals surface area contributed by atoms with Gasteiger partial charge in [0.05, 0.1) is 5.92 Å². The van der Waals surface area contributed by atoms with Gasteiger partial charge in [0.25, 0.3) is 0 Å². The number of fused-ring (bicyclic) bond motifs is 1. The fourth-order valence-corrected chi connectivity index (χ4v) is 4.61. The van der Waals surface area contributed by atoms with Gasteiger partial charge in [-0.25, -0.2) is 4.98 Å². The average molecular weight is 403 g/mol. The zero-order chi connectivity index (χ0) is 20.5. The molecule has 0 saturated carbocycles. The number of amides is 1. The second-order valence-corrected chi connectivity index (χ2v) is 8.10. The number of anilines is 2. The Morgan fingerprint density at radius 3 is 2.67 bits per heavy atom. The second-order valence-electron chi connectivity index (χ2n) is 8.10. The number of aromatic nitrogens is 4. The van der Waals surface area contributed by atoms with Crippen LogP contribution in [0.4, 0.5) is 11.5 Å². The lowest BCUT2D eigenvalue weighted by Crippen LogP contribution is -2.46. The lowest BCUT2D eigenvalue weighted by Gasteiger charge is -2.37. The van der Waals surface area contributed by atoms with E-state index in [0.29, 0.717) is 6.54 Å². The van der Waals surface area contributed by atoms with E-state index in [1.807, 2.05) is 40.8 Å². The summed E-state index contributed by atoms with van der Waals surface area (Å²) < 4.78 is 1.91. The van der Waals surface area contributed by atoms with E-state index in [9.17, 15) is 4.79 Å². The zero-order valence-electron chi connectivity index (χ0n) is 17.2. The Balaban J connectivity index is 1.32. The Morgan fingerprint density at radius 2 is 1.87 bits per heavy atom. The van der Waals surface area contributed by atoms with Crippen LogP contribution in [0.3, 0.4) is 0 Å². The summed E-state index contributed by atoms with van der Waals surface area (Å²) >= 11 is 0. The van der Waals surface area contributed by atoms with E-state index in [1.165, 1.54) is 5.56 Å². The maximum atomic E-state index is 13.4. The molecule has 4 heterocycles. The number of nitrogens with zero attached hydrogens (tertiary/aromatic N) is 6. The van der Waals surface area contributed by atoms with Gasteiger partial charge in [0.2, 0.25) is 5.91 Å². The highest BCUT2D eigenvalue weighted by atomic mass is 16.2. The molecule has 3 aromatic rings. The molecule has 2 aliphatic heterocycles. The number of carbonyl (C=O) groups is 1. The summed E-state index contributed by atoms with van der Waals surface area (Å²) in [6.07, 6.45) is 7.62. The van der Waals surface area contributed by atoms with Crippen molar-refractivity contribution < 1.29 is 4.79 Å². The predicted octanol–water partition coefficient (Wildman–Crippen LogP) is 3.17. The van der Waals surface area contributed by atoms with Crippen molar-refractivity contribution in [3.8, 4) is 5.82 Å². The van der Waals surface area contributed by atoms with Crippen molar-refractivity contribution in [1.29, 1.82) is 0 Å². The smallest absolute Gasteiger partial charge is 0.231 e. The third kappa shape index (κ3) is 3.44. The quantitative estimate of drug-likeness (QED) is 0.673. The lowest BCUT2D eigenvalue weighted by atomic mass is 9.94. The Bertz CT molecular complexity index is 1040. The summed E-state index contributed by atoms with van der Waals surface area (Å²) in [5.41, 5.74) is 2.37. The topological polar surface area (TPSA) is 67.2 Å². The normalized spacial score (nSPS) is 18.9. The molecule has 1 saturated heterocycles. The molecule has 30 heavy (non-hydrogen) atoms. The number of piperidine rings is 1. The van der Waals surface area contributed by atoms with E-state index < -0.39 is 0 Å². The first-order valence-corrected chi connectivity index (χ1v) is 10.7. The van der Waals surface area contributed by atoms with Gasteiger partial charge in [-0.3, -0.25) is 9.36 Å². The molecule has 2 aromatic heterocycles. The van der Waals surface area contributed by atoms with E-state index in [1.54, 1.807) is 6.20 Å². The lowest BCUT2D eigenvalue weighted by molar-refractivity contribution is -0.122. The SMILES string of the molecule is Cc1nccn1-c1ccc(N2CCCC(C(=O)N3CCCc4ccccc43)C2)nn1. The molecule has 7 nitrogen and oxygen atoms in total. The first kappa shape index (κ1) is 18.8. The van der Waals surface area contributed by atoms with E-state index in [-0.39, 0.29) is 11.8 Å². The number of carbonyl (C=O) groups excluding carboxylic acids is 1. The van der Waals surface area contributed by atoms with Crippen LogP contribution in [-0.2, 0) is 11.2 Å². The van der Waals surface area contributed by atoms with Crippen molar-refractivity contribution in [3.05, 3.63) is 60.2 Å². The van der Waals surface area contributed by atoms with E-state index in [4.69, 9.17) is 0 Å². The molecule has 1 atom stereocenters. The van der Waals surface area contributed by atoms with Gasteiger partial charge in [-0.05, 0) is 56.4 Å². The largest absolute Gasteiger partial charge is 0.354 e. The number of imidazole rings is 1. The molecule has 1 aromatic carbocycles. The number of rotatable bonds is 3. The minimum atomic E-state index is -0.0118. The molecule has 0 N–H and O–H groups in total. The molecule has 0 aliphatic carbocycles. The van der Waals surface area contributed by atoms with Gasteiger partial charge in [-0.1, -0.05) is 18.2 Å². The standard InChI is InChI=1S/C23H26N6O/c1-17-24-12-15-28(17)22-11-10-21(25-26-22)27-13-4-8-19(16-27)23(30)29-14-5-7-18-6-2-3-9-20(18)29/h2-3,6,9-12,15,19H,4-5,7-8,13-14,16H2,1H3. The average Bonchev–Trinajstić information content (AvgIpc) is 3.24. The van der Waals surface area contributed by atoms with Crippen LogP contribution >= 0.6 is 0 Å². The van der Waals surface area contributed by atoms with Crippen LogP contribution < -0.4 is 9.80 Å². The summed E-state index contributed by atoms with van der Waals surface area (Å²) in [6.45, 7) is 4.34. The van der Waals surface area contributed by atoms with Crippen molar-refractivity contribution in [2.45, 2.75) is 32.6 Å². The Kier molecular flexibility index (Phi) is 4.94. The predicted molar refractivity (Wildman–Crippen MR) is 116 cm³/mol. The Labute approximate surface area is 176 Å². The maximum absolute atomic E-state index is 13.4. The number of para-hydroxylation sites is 1. The molecule has 0 spiro atoms. The fourth-order valence-electron chi connectivity index (χ4n) is 4.61. The fraction of sp³-hybridized carbons (Fsp3) is 0.391. The van der Waals surface area contributed by atoms with E-state index >= 15 is 0 Å². The van der Waals surface area contributed by atoms with Crippen molar-refractivity contribution in [1.82, 2.24) is 19.7 Å². The molecule has 1 amide bonds. The van der Waals surface area contributed by atoms with Crippen molar-refractivity contribution in [3.63, 3.8) is 0 Å². The van der Waals surface area contributed by atoms with Crippen LogP contribution in [-0.4, -0.2) is 45.3 Å². The highest BCUT2D eigenvalue weighted by Crippen LogP contribution is 2.30. The summed E-state index contributed by atoms with van der Waals surface area (Å²) in [4.78, 5) is 21.8. The van der Waals surface area contributed by atoms with E-state index in [0.717, 1.165) is 61.9 Å². The van der Waals surface area contributed by atoms with Gasteiger partial charge >= 0.3 is 0 Å². The van der Waals surface area contributed by atoms with Gasteiger partial charge in [-0.15, -0.1) is 10.2 Å². The molecule has 5 rings (SSSR count). The van der Waals surface area contributed by atoms with Crippen molar-refractivity contribution in [2.75, 3.05) is 29.4 Å². The maximum Gasteiger partial charge on any atom is 0.231 e. The zero-order valence-corrected chi connectivity index (χ0v) is 17.2. The van der Waals surface area contributed by atoms with Gasteiger partial charge in [0.1, 0.15) is 5.82 Å². The molecule has 2 aliphatic rings. The van der Waals surface area contributed by atoms with Crippen LogP contribution in [0.5, 0.6) is 0 Å². The van der Waals surface area contributed by atoms with Gasteiger partial charge in [0.15, 0.2) is 11.6 Å². The molecule has 1 fully saturated rings. The van der Waals surface area contributed by atoms with Crippen LogP contribution in [0.15, 0.2) is 48.8 Å². The molecule has 7 heteroatoms. The van der Waals surface area contributed by atoms with Gasteiger partial charge in [0, 0.05) is 37.7 Å². The monoisotopic (exact) mass is 402 g/mol. The third-order valence-corrected chi connectivity index (χ3v) is 6.18. The van der Waals surface area contributed by atoms with Gasteiger partial charge < -0.3 is 9.80 Å². The number of hydrogen-bond acceptors (Lipinski definition) is 5. The Hall–Kier alpha value is -3.22. The molecule has 0 bridgehead atoms. The molecule has 154 valence electrons. The summed E-state index contributed by atoms with van der Waals surface area (Å²) in [6, 6.07) is 12.3. The van der Waals surface area contributed by atoms with Crippen LogP contribution in [0, 0.1) is 12.8 Å². The summed E-state index contributed by atoms with van der Waals surface area (Å²) in [5, 5.41) is 8.83. The second kappa shape index (κ2) is 7.89. The molecular formula is C23H26N6O. The highest BCUT2D eigenvalue weighted by molar-refractivity contribution is 5.96. The van der Waals surface area contributed by atoms with Gasteiger partial charge in [-0.2, -0.15) is 0 Å².